The van der Waals surface area contributed by atoms with Crippen LogP contribution in [0.2, 0.25) is 0 Å². The quantitative estimate of drug-likeness (QED) is 0.802. The lowest BCUT2D eigenvalue weighted by Crippen LogP contribution is -2.05. The van der Waals surface area contributed by atoms with Gasteiger partial charge in [-0.2, -0.15) is 0 Å². The summed E-state index contributed by atoms with van der Waals surface area (Å²) in [5.41, 5.74) is 3.70. The number of aliphatic hydroxyl groups excluding tert-OH is 1. The molecular weight excluding hydrogens is 230 g/mol. The van der Waals surface area contributed by atoms with Crippen molar-refractivity contribution in [2.45, 2.75) is 19.6 Å². The van der Waals surface area contributed by atoms with E-state index in [2.05, 4.69) is 9.97 Å². The van der Waals surface area contributed by atoms with Gasteiger partial charge in [0.05, 0.1) is 23.5 Å². The summed E-state index contributed by atoms with van der Waals surface area (Å²) in [4.78, 5) is 7.12. The second-order valence-electron chi connectivity index (χ2n) is 3.12. The Balaban J connectivity index is 2.10. The molecule has 0 saturated carbocycles. The van der Waals surface area contributed by atoms with E-state index in [1.54, 1.807) is 17.5 Å². The van der Waals surface area contributed by atoms with Crippen molar-refractivity contribution in [3.8, 4) is 0 Å². The number of hydrogen-bond donors (Lipinski definition) is 2. The van der Waals surface area contributed by atoms with Crippen molar-refractivity contribution in [2.75, 3.05) is 0 Å². The van der Waals surface area contributed by atoms with Gasteiger partial charge in [-0.1, -0.05) is 0 Å². The van der Waals surface area contributed by atoms with Crippen LogP contribution in [0.15, 0.2) is 17.1 Å². The van der Waals surface area contributed by atoms with Crippen molar-refractivity contribution in [1.82, 2.24) is 14.5 Å². The third kappa shape index (κ3) is 2.34. The Morgan fingerprint density at radius 3 is 3.13 bits per heavy atom. The third-order valence-corrected chi connectivity index (χ3v) is 3.16. The van der Waals surface area contributed by atoms with E-state index in [1.165, 1.54) is 0 Å². The van der Waals surface area contributed by atoms with E-state index in [0.29, 0.717) is 4.77 Å². The average molecular weight is 241 g/mol. The zero-order chi connectivity index (χ0) is 10.7. The van der Waals surface area contributed by atoms with Gasteiger partial charge in [0, 0.05) is 24.5 Å². The fourth-order valence-electron chi connectivity index (χ4n) is 1.39. The zero-order valence-corrected chi connectivity index (χ0v) is 9.64. The van der Waals surface area contributed by atoms with Crippen LogP contribution in [0.25, 0.3) is 0 Å². The molecule has 0 aliphatic heterocycles. The number of H-pyrrole nitrogens is 1. The Morgan fingerprint density at radius 2 is 2.47 bits per heavy atom. The standard InChI is InChI=1S/C9H11N3OS2/c13-4-8-3-10-9(14)12(8)2-1-7-5-15-6-11-7/h3,5-6,13H,1-2,4H2,(H,10,14). The summed E-state index contributed by atoms with van der Waals surface area (Å²) >= 11 is 6.70. The molecule has 0 atom stereocenters. The summed E-state index contributed by atoms with van der Waals surface area (Å²) in [5.74, 6) is 0. The summed E-state index contributed by atoms with van der Waals surface area (Å²) < 4.78 is 2.54. The Morgan fingerprint density at radius 1 is 1.60 bits per heavy atom. The molecule has 4 nitrogen and oxygen atoms in total. The monoisotopic (exact) mass is 241 g/mol. The molecule has 0 bridgehead atoms. The van der Waals surface area contributed by atoms with Crippen molar-refractivity contribution in [2.24, 2.45) is 0 Å². The summed E-state index contributed by atoms with van der Waals surface area (Å²) in [7, 11) is 0. The molecule has 6 heteroatoms. The summed E-state index contributed by atoms with van der Waals surface area (Å²) in [6.07, 6.45) is 2.58. The average Bonchev–Trinajstić information content (AvgIpc) is 2.84. The Labute approximate surface area is 96.2 Å². The van der Waals surface area contributed by atoms with Crippen molar-refractivity contribution in [3.05, 3.63) is 33.2 Å². The number of aliphatic hydroxyl groups is 1. The number of nitrogens with zero attached hydrogens (tertiary/aromatic N) is 2. The molecule has 2 aromatic rings. The molecule has 0 spiro atoms. The van der Waals surface area contributed by atoms with Crippen LogP contribution in [-0.4, -0.2) is 19.6 Å². The maximum atomic E-state index is 9.09. The van der Waals surface area contributed by atoms with Crippen molar-refractivity contribution in [1.29, 1.82) is 0 Å². The smallest absolute Gasteiger partial charge is 0.177 e. The molecule has 0 aliphatic rings. The van der Waals surface area contributed by atoms with E-state index >= 15 is 0 Å². The zero-order valence-electron chi connectivity index (χ0n) is 8.01. The molecule has 2 aromatic heterocycles. The minimum atomic E-state index is 0.00417. The third-order valence-electron chi connectivity index (χ3n) is 2.19. The van der Waals surface area contributed by atoms with Gasteiger partial charge in [-0.15, -0.1) is 11.3 Å². The SMILES string of the molecule is OCc1c[nH]c(=S)n1CCc1cscn1. The van der Waals surface area contributed by atoms with Gasteiger partial charge >= 0.3 is 0 Å². The Hall–Kier alpha value is -0.980. The minimum Gasteiger partial charge on any atom is -0.390 e. The first-order valence-corrected chi connectivity index (χ1v) is 5.91. The van der Waals surface area contributed by atoms with Crippen LogP contribution in [0.1, 0.15) is 11.4 Å². The maximum Gasteiger partial charge on any atom is 0.177 e. The number of aromatic nitrogens is 3. The first kappa shape index (κ1) is 10.5. The van der Waals surface area contributed by atoms with E-state index < -0.39 is 0 Å². The van der Waals surface area contributed by atoms with Gasteiger partial charge in [0.15, 0.2) is 4.77 Å². The highest BCUT2D eigenvalue weighted by molar-refractivity contribution is 7.71. The molecule has 15 heavy (non-hydrogen) atoms. The van der Waals surface area contributed by atoms with E-state index in [0.717, 1.165) is 24.4 Å². The van der Waals surface area contributed by atoms with Crippen LogP contribution < -0.4 is 0 Å². The van der Waals surface area contributed by atoms with Crippen molar-refractivity contribution < 1.29 is 5.11 Å². The molecule has 0 saturated heterocycles. The van der Waals surface area contributed by atoms with Crippen LogP contribution in [0.3, 0.4) is 0 Å². The second-order valence-corrected chi connectivity index (χ2v) is 4.23. The van der Waals surface area contributed by atoms with Gasteiger partial charge in [0.2, 0.25) is 0 Å². The molecule has 0 amide bonds. The molecule has 2 heterocycles. The van der Waals surface area contributed by atoms with Crippen molar-refractivity contribution in [3.63, 3.8) is 0 Å². The van der Waals surface area contributed by atoms with Gasteiger partial charge < -0.3 is 14.7 Å². The van der Waals surface area contributed by atoms with Gasteiger partial charge in [-0.3, -0.25) is 0 Å². The molecule has 80 valence electrons. The van der Waals surface area contributed by atoms with E-state index in [4.69, 9.17) is 17.3 Å². The van der Waals surface area contributed by atoms with Crippen LogP contribution >= 0.6 is 23.6 Å². The number of hydrogen-bond acceptors (Lipinski definition) is 4. The molecule has 0 aromatic carbocycles. The highest BCUT2D eigenvalue weighted by Gasteiger charge is 2.03. The normalized spacial score (nSPS) is 10.7. The lowest BCUT2D eigenvalue weighted by Gasteiger charge is -2.04. The van der Waals surface area contributed by atoms with Gasteiger partial charge in [0.1, 0.15) is 0 Å². The number of rotatable bonds is 4. The van der Waals surface area contributed by atoms with E-state index in [1.807, 2.05) is 15.5 Å². The molecule has 2 rings (SSSR count). The van der Waals surface area contributed by atoms with Gasteiger partial charge in [-0.25, -0.2) is 4.98 Å². The number of aryl methyl sites for hydroxylation is 1. The maximum absolute atomic E-state index is 9.09. The Kier molecular flexibility index (Phi) is 3.30. The van der Waals surface area contributed by atoms with Crippen LogP contribution in [0.5, 0.6) is 0 Å². The molecule has 0 radical (unpaired) electrons. The number of nitrogens with one attached hydrogen (secondary N) is 1. The summed E-state index contributed by atoms with van der Waals surface area (Å²) in [5, 5.41) is 11.1. The van der Waals surface area contributed by atoms with Crippen LogP contribution in [0.4, 0.5) is 0 Å². The van der Waals surface area contributed by atoms with E-state index in [-0.39, 0.29) is 6.61 Å². The number of imidazole rings is 1. The summed E-state index contributed by atoms with van der Waals surface area (Å²) in [6, 6.07) is 0. The van der Waals surface area contributed by atoms with Crippen molar-refractivity contribution >= 4 is 23.6 Å². The van der Waals surface area contributed by atoms with Gasteiger partial charge in [0.25, 0.3) is 0 Å². The molecule has 0 fully saturated rings. The van der Waals surface area contributed by atoms with E-state index in [9.17, 15) is 0 Å². The van der Waals surface area contributed by atoms with Crippen LogP contribution in [-0.2, 0) is 19.6 Å². The minimum absolute atomic E-state index is 0.00417. The number of aromatic amines is 1. The first-order chi connectivity index (χ1) is 7.31. The lowest BCUT2D eigenvalue weighted by molar-refractivity contribution is 0.270. The highest BCUT2D eigenvalue weighted by Crippen LogP contribution is 2.06. The predicted octanol–water partition coefficient (Wildman–Crippen LogP) is 1.74. The summed E-state index contributed by atoms with van der Waals surface area (Å²) in [6.45, 7) is 0.756. The fourth-order valence-corrected chi connectivity index (χ4v) is 2.26. The van der Waals surface area contributed by atoms with Gasteiger partial charge in [-0.05, 0) is 12.2 Å². The largest absolute Gasteiger partial charge is 0.390 e. The fraction of sp³-hybridized carbons (Fsp3) is 0.333. The highest BCUT2D eigenvalue weighted by atomic mass is 32.1. The Bertz CT molecular complexity index is 472. The molecule has 0 unspecified atom stereocenters. The lowest BCUT2D eigenvalue weighted by atomic mass is 10.3. The molecule has 2 N–H and O–H groups in total. The predicted molar refractivity (Wildman–Crippen MR) is 61.4 cm³/mol. The topological polar surface area (TPSA) is 53.8 Å². The first-order valence-electron chi connectivity index (χ1n) is 4.56. The second kappa shape index (κ2) is 4.69. The number of thiazole rings is 1. The van der Waals surface area contributed by atoms with Crippen LogP contribution in [0, 0.1) is 4.77 Å². The molecule has 0 aliphatic carbocycles. The molecular formula is C9H11N3OS2.